The third-order valence-corrected chi connectivity index (χ3v) is 3.04. The highest BCUT2D eigenvalue weighted by Crippen LogP contribution is 2.11. The van der Waals surface area contributed by atoms with Crippen LogP contribution in [0.2, 0.25) is 0 Å². The lowest BCUT2D eigenvalue weighted by molar-refractivity contribution is 0.0617. The molecule has 2 N–H and O–H groups in total. The van der Waals surface area contributed by atoms with E-state index in [1.54, 1.807) is 11.8 Å². The Kier molecular flexibility index (Phi) is 9.20. The van der Waals surface area contributed by atoms with Gasteiger partial charge in [-0.15, -0.1) is 5.48 Å². The fourth-order valence-electron chi connectivity index (χ4n) is 1.60. The topological polar surface area (TPSA) is 76.7 Å². The molecular weight excluding hydrogens is 268 g/mol. The third kappa shape index (κ3) is 8.58. The SMILES string of the molecule is CSCCOC(=O)NOC(=O)NC(C(C)C)C(C)C. The van der Waals surface area contributed by atoms with E-state index < -0.39 is 12.2 Å². The van der Waals surface area contributed by atoms with Crippen molar-refractivity contribution in [2.75, 3.05) is 18.6 Å². The van der Waals surface area contributed by atoms with Gasteiger partial charge in [0.05, 0.1) is 0 Å². The minimum absolute atomic E-state index is 0.0122. The molecule has 0 aromatic heterocycles. The van der Waals surface area contributed by atoms with E-state index >= 15 is 0 Å². The molecule has 7 heteroatoms. The Balaban J connectivity index is 3.94. The Morgan fingerprint density at radius 1 is 1.11 bits per heavy atom. The fourth-order valence-corrected chi connectivity index (χ4v) is 1.85. The first kappa shape index (κ1) is 17.9. The van der Waals surface area contributed by atoms with Gasteiger partial charge in [-0.3, -0.25) is 0 Å². The lowest BCUT2D eigenvalue weighted by Gasteiger charge is -2.25. The van der Waals surface area contributed by atoms with Crippen LogP contribution in [-0.2, 0) is 9.57 Å². The standard InChI is InChI=1S/C12H24N2O4S/c1-8(2)10(9(3)4)13-11(15)18-14-12(16)17-6-7-19-5/h8-10H,6-7H2,1-5H3,(H,13,15)(H,14,16). The van der Waals surface area contributed by atoms with Gasteiger partial charge < -0.3 is 14.9 Å². The fraction of sp³-hybridized carbons (Fsp3) is 0.833. The van der Waals surface area contributed by atoms with Gasteiger partial charge in [0.1, 0.15) is 6.61 Å². The lowest BCUT2D eigenvalue weighted by Crippen LogP contribution is -2.44. The van der Waals surface area contributed by atoms with Crippen molar-refractivity contribution < 1.29 is 19.2 Å². The zero-order chi connectivity index (χ0) is 14.8. The van der Waals surface area contributed by atoms with E-state index in [4.69, 9.17) is 4.74 Å². The van der Waals surface area contributed by atoms with E-state index in [1.165, 1.54) is 0 Å². The second-order valence-electron chi connectivity index (χ2n) is 4.78. The molecule has 0 radical (unpaired) electrons. The summed E-state index contributed by atoms with van der Waals surface area (Å²) in [4.78, 5) is 27.2. The first-order valence-electron chi connectivity index (χ1n) is 6.27. The summed E-state index contributed by atoms with van der Waals surface area (Å²) in [5.41, 5.74) is 1.94. The molecule has 19 heavy (non-hydrogen) atoms. The van der Waals surface area contributed by atoms with Gasteiger partial charge in [-0.2, -0.15) is 11.8 Å². The van der Waals surface area contributed by atoms with Crippen LogP contribution in [0, 0.1) is 11.8 Å². The second kappa shape index (κ2) is 9.77. The van der Waals surface area contributed by atoms with Gasteiger partial charge in [-0.05, 0) is 18.1 Å². The maximum atomic E-state index is 11.5. The molecule has 0 fully saturated rings. The summed E-state index contributed by atoms with van der Waals surface area (Å²) in [6, 6.07) is -0.0122. The maximum Gasteiger partial charge on any atom is 0.440 e. The molecule has 0 aliphatic carbocycles. The Hall–Kier alpha value is -1.11. The Labute approximate surface area is 118 Å². The summed E-state index contributed by atoms with van der Waals surface area (Å²) in [5.74, 6) is 1.25. The number of carbonyl (C=O) groups excluding carboxylic acids is 2. The monoisotopic (exact) mass is 292 g/mol. The molecule has 0 saturated carbocycles. The zero-order valence-corrected chi connectivity index (χ0v) is 13.0. The molecule has 112 valence electrons. The molecule has 6 nitrogen and oxygen atoms in total. The van der Waals surface area contributed by atoms with Crippen LogP contribution in [0.15, 0.2) is 0 Å². The van der Waals surface area contributed by atoms with Crippen LogP contribution in [0.25, 0.3) is 0 Å². The molecule has 0 rings (SSSR count). The van der Waals surface area contributed by atoms with Gasteiger partial charge in [0, 0.05) is 11.8 Å². The molecule has 0 aliphatic rings. The van der Waals surface area contributed by atoms with Crippen LogP contribution in [0.5, 0.6) is 0 Å². The first-order valence-corrected chi connectivity index (χ1v) is 7.66. The van der Waals surface area contributed by atoms with Crippen molar-refractivity contribution >= 4 is 23.9 Å². The van der Waals surface area contributed by atoms with Gasteiger partial charge in [-0.1, -0.05) is 27.7 Å². The quantitative estimate of drug-likeness (QED) is 0.580. The van der Waals surface area contributed by atoms with E-state index in [0.717, 1.165) is 0 Å². The van der Waals surface area contributed by atoms with Gasteiger partial charge in [0.2, 0.25) is 0 Å². The number of hydrogen-bond acceptors (Lipinski definition) is 5. The van der Waals surface area contributed by atoms with E-state index in [2.05, 4.69) is 10.2 Å². The smallest absolute Gasteiger partial charge is 0.440 e. The highest BCUT2D eigenvalue weighted by molar-refractivity contribution is 7.98. The number of rotatable bonds is 6. The largest absolute Gasteiger partial charge is 0.447 e. The average molecular weight is 292 g/mol. The summed E-state index contributed by atoms with van der Waals surface area (Å²) in [7, 11) is 0. The summed E-state index contributed by atoms with van der Waals surface area (Å²) < 4.78 is 4.76. The summed E-state index contributed by atoms with van der Waals surface area (Å²) >= 11 is 1.56. The van der Waals surface area contributed by atoms with Crippen LogP contribution in [0.1, 0.15) is 27.7 Å². The van der Waals surface area contributed by atoms with Gasteiger partial charge in [-0.25, -0.2) is 9.59 Å². The highest BCUT2D eigenvalue weighted by atomic mass is 32.2. The molecular formula is C12H24N2O4S. The van der Waals surface area contributed by atoms with Crippen molar-refractivity contribution in [1.29, 1.82) is 0 Å². The molecule has 0 aromatic carbocycles. The molecule has 0 aromatic rings. The van der Waals surface area contributed by atoms with Gasteiger partial charge in [0.25, 0.3) is 0 Å². The molecule has 2 amide bonds. The van der Waals surface area contributed by atoms with E-state index in [-0.39, 0.29) is 24.5 Å². The number of nitrogens with one attached hydrogen (secondary N) is 2. The first-order chi connectivity index (χ1) is 8.88. The highest BCUT2D eigenvalue weighted by Gasteiger charge is 2.20. The normalized spacial score (nSPS) is 10.7. The molecule has 0 spiro atoms. The minimum Gasteiger partial charge on any atom is -0.447 e. The van der Waals surface area contributed by atoms with Crippen molar-refractivity contribution in [2.24, 2.45) is 11.8 Å². The van der Waals surface area contributed by atoms with E-state index in [0.29, 0.717) is 5.75 Å². The van der Waals surface area contributed by atoms with Crippen LogP contribution >= 0.6 is 11.8 Å². The molecule has 0 unspecified atom stereocenters. The summed E-state index contributed by atoms with van der Waals surface area (Å²) in [6.07, 6.45) is 0.451. The van der Waals surface area contributed by atoms with Crippen molar-refractivity contribution in [1.82, 2.24) is 10.8 Å². The van der Waals surface area contributed by atoms with Crippen LogP contribution < -0.4 is 10.8 Å². The predicted molar refractivity (Wildman–Crippen MR) is 75.9 cm³/mol. The average Bonchev–Trinajstić information content (AvgIpc) is 2.33. The minimum atomic E-state index is -0.769. The summed E-state index contributed by atoms with van der Waals surface area (Å²) in [5, 5.41) is 2.70. The number of hydrogen-bond donors (Lipinski definition) is 2. The van der Waals surface area contributed by atoms with Gasteiger partial charge in [0.15, 0.2) is 0 Å². The van der Waals surface area contributed by atoms with Crippen molar-refractivity contribution in [3.8, 4) is 0 Å². The van der Waals surface area contributed by atoms with Crippen molar-refractivity contribution in [3.05, 3.63) is 0 Å². The number of carbonyl (C=O) groups is 2. The third-order valence-electron chi connectivity index (χ3n) is 2.47. The zero-order valence-electron chi connectivity index (χ0n) is 12.2. The Bertz CT molecular complexity index is 277. The number of hydroxylamine groups is 1. The molecule has 0 saturated heterocycles. The molecule has 0 atom stereocenters. The van der Waals surface area contributed by atoms with Crippen molar-refractivity contribution in [3.63, 3.8) is 0 Å². The number of thioether (sulfide) groups is 1. The van der Waals surface area contributed by atoms with Crippen LogP contribution in [0.4, 0.5) is 9.59 Å². The number of amides is 2. The van der Waals surface area contributed by atoms with Crippen LogP contribution in [0.3, 0.4) is 0 Å². The summed E-state index contributed by atoms with van der Waals surface area (Å²) in [6.45, 7) is 8.31. The molecule has 0 aliphatic heterocycles. The second-order valence-corrected chi connectivity index (χ2v) is 5.76. The van der Waals surface area contributed by atoms with Crippen molar-refractivity contribution in [2.45, 2.75) is 33.7 Å². The van der Waals surface area contributed by atoms with E-state index in [1.807, 2.05) is 39.4 Å². The Morgan fingerprint density at radius 3 is 2.16 bits per heavy atom. The maximum absolute atomic E-state index is 11.5. The molecule has 0 bridgehead atoms. The molecule has 0 heterocycles. The van der Waals surface area contributed by atoms with Gasteiger partial charge >= 0.3 is 12.2 Å². The predicted octanol–water partition coefficient (Wildman–Crippen LogP) is 2.40. The van der Waals surface area contributed by atoms with E-state index in [9.17, 15) is 9.59 Å². The van der Waals surface area contributed by atoms with Crippen LogP contribution in [-0.4, -0.2) is 36.8 Å². The Morgan fingerprint density at radius 2 is 1.68 bits per heavy atom. The lowest BCUT2D eigenvalue weighted by atomic mass is 9.93. The number of ether oxygens (including phenoxy) is 1.